The third kappa shape index (κ3) is 3.48. The van der Waals surface area contributed by atoms with Crippen molar-refractivity contribution in [1.29, 1.82) is 0 Å². The minimum atomic E-state index is -1.05. The monoisotopic (exact) mass is 312 g/mol. The molecule has 118 valence electrons. The molecular weight excluding hydrogens is 296 g/mol. The summed E-state index contributed by atoms with van der Waals surface area (Å²) >= 11 is 0. The van der Waals surface area contributed by atoms with Crippen LogP contribution in [0, 0.1) is 5.92 Å². The zero-order valence-electron chi connectivity index (χ0n) is 12.5. The molecule has 0 saturated heterocycles. The van der Waals surface area contributed by atoms with Crippen molar-refractivity contribution < 1.29 is 19.4 Å². The van der Waals surface area contributed by atoms with Crippen LogP contribution in [0.1, 0.15) is 6.92 Å². The van der Waals surface area contributed by atoms with E-state index in [-0.39, 0.29) is 17.8 Å². The van der Waals surface area contributed by atoms with E-state index in [2.05, 4.69) is 9.97 Å². The standard InChI is InChI=1S/C17H16N2O4/c1-11-13(9-15(23-11)17(20)21)10-22-14-5-3-12(4-6-14)16-18-7-2-8-19-16/h2-9,11,13H,10H2,1H3,(H,20,21). The van der Waals surface area contributed by atoms with E-state index in [0.29, 0.717) is 18.2 Å². The van der Waals surface area contributed by atoms with Gasteiger partial charge in [-0.15, -0.1) is 0 Å². The predicted octanol–water partition coefficient (Wildman–Crippen LogP) is 2.53. The summed E-state index contributed by atoms with van der Waals surface area (Å²) in [5.74, 6) is 0.215. The van der Waals surface area contributed by atoms with E-state index < -0.39 is 5.97 Å². The molecule has 3 rings (SSSR count). The average Bonchev–Trinajstić information content (AvgIpc) is 2.96. The van der Waals surface area contributed by atoms with Crippen molar-refractivity contribution in [1.82, 2.24) is 9.97 Å². The minimum Gasteiger partial charge on any atom is -0.493 e. The molecule has 6 nitrogen and oxygen atoms in total. The quantitative estimate of drug-likeness (QED) is 0.913. The van der Waals surface area contributed by atoms with Crippen LogP contribution in [0.2, 0.25) is 0 Å². The maximum Gasteiger partial charge on any atom is 0.370 e. The lowest BCUT2D eigenvalue weighted by atomic mass is 10.1. The number of carboxylic acid groups (broad SMARTS) is 1. The Bertz CT molecular complexity index is 713. The molecule has 1 N–H and O–H groups in total. The topological polar surface area (TPSA) is 81.5 Å². The van der Waals surface area contributed by atoms with Crippen molar-refractivity contribution in [2.75, 3.05) is 6.61 Å². The van der Waals surface area contributed by atoms with Gasteiger partial charge < -0.3 is 14.6 Å². The van der Waals surface area contributed by atoms with Crippen molar-refractivity contribution in [3.8, 4) is 17.1 Å². The van der Waals surface area contributed by atoms with Gasteiger partial charge in [0.15, 0.2) is 5.82 Å². The molecule has 0 spiro atoms. The molecule has 0 aliphatic carbocycles. The predicted molar refractivity (Wildman–Crippen MR) is 82.7 cm³/mol. The first-order valence-corrected chi connectivity index (χ1v) is 7.25. The molecule has 6 heteroatoms. The minimum absolute atomic E-state index is 0.0114. The molecule has 2 heterocycles. The molecule has 1 aliphatic rings. The van der Waals surface area contributed by atoms with Crippen LogP contribution in [0.15, 0.2) is 54.6 Å². The molecule has 2 atom stereocenters. The largest absolute Gasteiger partial charge is 0.493 e. The third-order valence-corrected chi connectivity index (χ3v) is 3.61. The average molecular weight is 312 g/mol. The van der Waals surface area contributed by atoms with Gasteiger partial charge in [0.2, 0.25) is 5.76 Å². The number of hydrogen-bond donors (Lipinski definition) is 1. The fourth-order valence-electron chi connectivity index (χ4n) is 2.30. The number of carbonyl (C=O) groups is 1. The number of hydrogen-bond acceptors (Lipinski definition) is 5. The summed E-state index contributed by atoms with van der Waals surface area (Å²) in [6.45, 7) is 2.19. The van der Waals surface area contributed by atoms with Gasteiger partial charge in [0, 0.05) is 18.0 Å². The van der Waals surface area contributed by atoms with E-state index >= 15 is 0 Å². The molecule has 1 aliphatic heterocycles. The SMILES string of the molecule is CC1OC(C(=O)O)=CC1COc1ccc(-c2ncccn2)cc1. The highest BCUT2D eigenvalue weighted by Gasteiger charge is 2.29. The fraction of sp³-hybridized carbons (Fsp3) is 0.235. The number of ether oxygens (including phenoxy) is 2. The Morgan fingerprint density at radius 2 is 1.96 bits per heavy atom. The molecule has 0 radical (unpaired) electrons. The third-order valence-electron chi connectivity index (χ3n) is 3.61. The van der Waals surface area contributed by atoms with Gasteiger partial charge in [-0.2, -0.15) is 0 Å². The van der Waals surface area contributed by atoms with Gasteiger partial charge >= 0.3 is 5.97 Å². The summed E-state index contributed by atoms with van der Waals surface area (Å²) in [6, 6.07) is 9.22. The zero-order chi connectivity index (χ0) is 16.2. The maximum absolute atomic E-state index is 10.9. The first-order chi connectivity index (χ1) is 11.1. The molecule has 0 fully saturated rings. The summed E-state index contributed by atoms with van der Waals surface area (Å²) < 4.78 is 11.0. The summed E-state index contributed by atoms with van der Waals surface area (Å²) in [5, 5.41) is 8.93. The van der Waals surface area contributed by atoms with Gasteiger partial charge in [0.1, 0.15) is 11.9 Å². The molecule has 0 amide bonds. The van der Waals surface area contributed by atoms with Crippen LogP contribution in [0.5, 0.6) is 5.75 Å². The highest BCUT2D eigenvalue weighted by Crippen LogP contribution is 2.25. The van der Waals surface area contributed by atoms with Gasteiger partial charge in [-0.25, -0.2) is 14.8 Å². The van der Waals surface area contributed by atoms with E-state index in [0.717, 1.165) is 5.56 Å². The fourth-order valence-corrected chi connectivity index (χ4v) is 2.30. The number of aromatic nitrogens is 2. The lowest BCUT2D eigenvalue weighted by molar-refractivity contribution is -0.137. The van der Waals surface area contributed by atoms with Crippen molar-refractivity contribution >= 4 is 5.97 Å². The van der Waals surface area contributed by atoms with Crippen LogP contribution in [0.4, 0.5) is 0 Å². The lowest BCUT2D eigenvalue weighted by Crippen LogP contribution is -2.19. The van der Waals surface area contributed by atoms with E-state index in [4.69, 9.17) is 14.6 Å². The van der Waals surface area contributed by atoms with E-state index in [1.807, 2.05) is 31.2 Å². The van der Waals surface area contributed by atoms with E-state index in [1.54, 1.807) is 24.5 Å². The second kappa shape index (κ2) is 6.48. The molecule has 2 unspecified atom stereocenters. The Morgan fingerprint density at radius 1 is 1.26 bits per heavy atom. The molecule has 0 bridgehead atoms. The van der Waals surface area contributed by atoms with Crippen LogP contribution in [0.3, 0.4) is 0 Å². The van der Waals surface area contributed by atoms with Crippen LogP contribution >= 0.6 is 0 Å². The summed E-state index contributed by atoms with van der Waals surface area (Å²) in [7, 11) is 0. The highest BCUT2D eigenvalue weighted by atomic mass is 16.5. The molecule has 23 heavy (non-hydrogen) atoms. The number of nitrogens with zero attached hydrogens (tertiary/aromatic N) is 2. The summed E-state index contributed by atoms with van der Waals surface area (Å²) in [4.78, 5) is 19.3. The van der Waals surface area contributed by atoms with Crippen molar-refractivity contribution in [2.24, 2.45) is 5.92 Å². The summed E-state index contributed by atoms with van der Waals surface area (Å²) in [5.41, 5.74) is 0.906. The van der Waals surface area contributed by atoms with Gasteiger partial charge in [-0.3, -0.25) is 0 Å². The first kappa shape index (κ1) is 15.0. The van der Waals surface area contributed by atoms with Crippen LogP contribution in [0.25, 0.3) is 11.4 Å². The number of rotatable bonds is 5. The van der Waals surface area contributed by atoms with Crippen molar-refractivity contribution in [3.63, 3.8) is 0 Å². The highest BCUT2D eigenvalue weighted by molar-refractivity contribution is 5.84. The van der Waals surface area contributed by atoms with Gasteiger partial charge in [-0.1, -0.05) is 0 Å². The van der Waals surface area contributed by atoms with E-state index in [9.17, 15) is 4.79 Å². The first-order valence-electron chi connectivity index (χ1n) is 7.25. The Hall–Kier alpha value is -2.89. The Labute approximate surface area is 133 Å². The van der Waals surface area contributed by atoms with Crippen LogP contribution in [-0.2, 0) is 9.53 Å². The molecular formula is C17H16N2O4. The normalized spacial score (nSPS) is 19.8. The molecule has 1 aromatic heterocycles. The second-order valence-corrected chi connectivity index (χ2v) is 5.23. The smallest absolute Gasteiger partial charge is 0.370 e. The summed E-state index contributed by atoms with van der Waals surface area (Å²) in [6.07, 6.45) is 4.78. The second-order valence-electron chi connectivity index (χ2n) is 5.23. The van der Waals surface area contributed by atoms with Crippen LogP contribution < -0.4 is 4.74 Å². The van der Waals surface area contributed by atoms with Crippen molar-refractivity contribution in [2.45, 2.75) is 13.0 Å². The molecule has 0 saturated carbocycles. The maximum atomic E-state index is 10.9. The number of aliphatic carboxylic acids is 1. The Balaban J connectivity index is 1.62. The Morgan fingerprint density at radius 3 is 2.57 bits per heavy atom. The number of carboxylic acids is 1. The zero-order valence-corrected chi connectivity index (χ0v) is 12.5. The van der Waals surface area contributed by atoms with Gasteiger partial charge in [-0.05, 0) is 43.3 Å². The Kier molecular flexibility index (Phi) is 4.23. The molecule has 2 aromatic rings. The number of benzene rings is 1. The van der Waals surface area contributed by atoms with Gasteiger partial charge in [0.25, 0.3) is 0 Å². The van der Waals surface area contributed by atoms with Gasteiger partial charge in [0.05, 0.1) is 12.5 Å². The lowest BCUT2D eigenvalue weighted by Gasteiger charge is -2.15. The molecule has 1 aromatic carbocycles. The van der Waals surface area contributed by atoms with Crippen molar-refractivity contribution in [3.05, 3.63) is 54.6 Å². The van der Waals surface area contributed by atoms with E-state index in [1.165, 1.54) is 0 Å². The van der Waals surface area contributed by atoms with Crippen LogP contribution in [-0.4, -0.2) is 33.8 Å².